The Morgan fingerprint density at radius 3 is 2.93 bits per heavy atom. The summed E-state index contributed by atoms with van der Waals surface area (Å²) in [7, 11) is 1.85. The SMILES string of the molecule is CC(CN)CCC(=O)Cc1ccn(C)n1. The van der Waals surface area contributed by atoms with Crippen molar-refractivity contribution in [2.75, 3.05) is 6.54 Å². The molecular weight excluding hydrogens is 190 g/mol. The maximum absolute atomic E-state index is 11.6. The number of hydrogen-bond acceptors (Lipinski definition) is 3. The zero-order valence-corrected chi connectivity index (χ0v) is 9.44. The summed E-state index contributed by atoms with van der Waals surface area (Å²) in [6.45, 7) is 2.71. The minimum atomic E-state index is 0.244. The van der Waals surface area contributed by atoms with E-state index in [9.17, 15) is 4.79 Å². The molecule has 1 atom stereocenters. The Hall–Kier alpha value is -1.16. The number of carbonyl (C=O) groups excluding carboxylic acids is 1. The molecule has 0 saturated heterocycles. The average Bonchev–Trinajstić information content (AvgIpc) is 2.60. The Labute approximate surface area is 90.5 Å². The fourth-order valence-electron chi connectivity index (χ4n) is 1.37. The van der Waals surface area contributed by atoms with Crippen molar-refractivity contribution in [3.05, 3.63) is 18.0 Å². The Morgan fingerprint density at radius 2 is 2.40 bits per heavy atom. The van der Waals surface area contributed by atoms with Gasteiger partial charge in [0, 0.05) is 19.7 Å². The van der Waals surface area contributed by atoms with E-state index in [4.69, 9.17) is 5.73 Å². The first kappa shape index (κ1) is 11.9. The van der Waals surface area contributed by atoms with Gasteiger partial charge in [-0.1, -0.05) is 6.92 Å². The molecule has 0 amide bonds. The molecule has 4 heteroatoms. The zero-order valence-electron chi connectivity index (χ0n) is 9.44. The van der Waals surface area contributed by atoms with Gasteiger partial charge in [-0.3, -0.25) is 9.48 Å². The molecule has 1 aromatic rings. The van der Waals surface area contributed by atoms with Crippen LogP contribution < -0.4 is 5.73 Å². The van der Waals surface area contributed by atoms with Crippen LogP contribution in [0.4, 0.5) is 0 Å². The van der Waals surface area contributed by atoms with Crippen LogP contribution in [0.1, 0.15) is 25.5 Å². The van der Waals surface area contributed by atoms with E-state index in [1.165, 1.54) is 0 Å². The lowest BCUT2D eigenvalue weighted by atomic mass is 10.0. The molecule has 4 nitrogen and oxygen atoms in total. The third-order valence-electron chi connectivity index (χ3n) is 2.47. The van der Waals surface area contributed by atoms with Gasteiger partial charge < -0.3 is 5.73 Å². The molecule has 0 aliphatic heterocycles. The number of nitrogens with two attached hydrogens (primary N) is 1. The summed E-state index contributed by atoms with van der Waals surface area (Å²) in [5.41, 5.74) is 6.34. The lowest BCUT2D eigenvalue weighted by molar-refractivity contribution is -0.118. The first-order chi connectivity index (χ1) is 7.11. The molecule has 0 bridgehead atoms. The molecule has 0 saturated carbocycles. The second-order valence-electron chi connectivity index (χ2n) is 4.08. The highest BCUT2D eigenvalue weighted by Crippen LogP contribution is 2.06. The van der Waals surface area contributed by atoms with E-state index in [0.29, 0.717) is 25.3 Å². The van der Waals surface area contributed by atoms with Crippen LogP contribution in [0.2, 0.25) is 0 Å². The second kappa shape index (κ2) is 5.66. The second-order valence-corrected chi connectivity index (χ2v) is 4.08. The van der Waals surface area contributed by atoms with Crippen molar-refractivity contribution >= 4 is 5.78 Å². The average molecular weight is 209 g/mol. The largest absolute Gasteiger partial charge is 0.330 e. The van der Waals surface area contributed by atoms with Gasteiger partial charge in [-0.15, -0.1) is 0 Å². The quantitative estimate of drug-likeness (QED) is 0.757. The molecular formula is C11H19N3O. The Morgan fingerprint density at radius 1 is 1.67 bits per heavy atom. The van der Waals surface area contributed by atoms with Gasteiger partial charge in [0.25, 0.3) is 0 Å². The predicted molar refractivity (Wildman–Crippen MR) is 59.4 cm³/mol. The molecule has 0 aromatic carbocycles. The van der Waals surface area contributed by atoms with Crippen molar-refractivity contribution in [1.82, 2.24) is 9.78 Å². The van der Waals surface area contributed by atoms with Gasteiger partial charge in [-0.25, -0.2) is 0 Å². The van der Waals surface area contributed by atoms with E-state index in [1.807, 2.05) is 19.3 Å². The van der Waals surface area contributed by atoms with E-state index in [0.717, 1.165) is 12.1 Å². The van der Waals surface area contributed by atoms with Crippen LogP contribution in [-0.4, -0.2) is 22.1 Å². The zero-order chi connectivity index (χ0) is 11.3. The topological polar surface area (TPSA) is 60.9 Å². The summed E-state index contributed by atoms with van der Waals surface area (Å²) in [5.74, 6) is 0.673. The number of nitrogens with zero attached hydrogens (tertiary/aromatic N) is 2. The molecule has 0 aliphatic rings. The summed E-state index contributed by atoms with van der Waals surface area (Å²) in [6.07, 6.45) is 3.78. The van der Waals surface area contributed by atoms with Crippen molar-refractivity contribution in [3.63, 3.8) is 0 Å². The summed E-state index contributed by atoms with van der Waals surface area (Å²) >= 11 is 0. The standard InChI is InChI=1S/C11H19N3O/c1-9(8-12)3-4-11(15)7-10-5-6-14(2)13-10/h5-6,9H,3-4,7-8,12H2,1-2H3. The molecule has 2 N–H and O–H groups in total. The number of carbonyl (C=O) groups is 1. The number of hydrogen-bond donors (Lipinski definition) is 1. The summed E-state index contributed by atoms with van der Waals surface area (Å²) in [4.78, 5) is 11.6. The molecule has 0 aliphatic carbocycles. The van der Waals surface area contributed by atoms with Gasteiger partial charge >= 0.3 is 0 Å². The first-order valence-corrected chi connectivity index (χ1v) is 5.32. The normalized spacial score (nSPS) is 12.7. The molecule has 1 heterocycles. The van der Waals surface area contributed by atoms with E-state index in [2.05, 4.69) is 12.0 Å². The van der Waals surface area contributed by atoms with Crippen LogP contribution in [0.25, 0.3) is 0 Å². The van der Waals surface area contributed by atoms with Gasteiger partial charge in [0.2, 0.25) is 0 Å². The number of rotatable bonds is 6. The lowest BCUT2D eigenvalue weighted by Gasteiger charge is -2.06. The third-order valence-corrected chi connectivity index (χ3v) is 2.47. The Kier molecular flexibility index (Phi) is 4.49. The number of Topliss-reactive ketones (excluding diaryl/α,β-unsaturated/α-hetero) is 1. The monoisotopic (exact) mass is 209 g/mol. The van der Waals surface area contributed by atoms with E-state index < -0.39 is 0 Å². The van der Waals surface area contributed by atoms with Crippen molar-refractivity contribution in [2.24, 2.45) is 18.7 Å². The smallest absolute Gasteiger partial charge is 0.138 e. The minimum Gasteiger partial charge on any atom is -0.330 e. The predicted octanol–water partition coefficient (Wildman–Crippen LogP) is 0.907. The number of aromatic nitrogens is 2. The number of aryl methyl sites for hydroxylation is 1. The molecule has 0 radical (unpaired) electrons. The maximum atomic E-state index is 11.6. The van der Waals surface area contributed by atoms with Crippen LogP contribution in [0.15, 0.2) is 12.3 Å². The summed E-state index contributed by atoms with van der Waals surface area (Å²) < 4.78 is 1.71. The third kappa shape index (κ3) is 4.25. The van der Waals surface area contributed by atoms with Crippen LogP contribution in [0.5, 0.6) is 0 Å². The van der Waals surface area contributed by atoms with Crippen LogP contribution in [0, 0.1) is 5.92 Å². The lowest BCUT2D eigenvalue weighted by Crippen LogP contribution is -2.13. The highest BCUT2D eigenvalue weighted by atomic mass is 16.1. The van der Waals surface area contributed by atoms with Gasteiger partial charge in [-0.05, 0) is 24.9 Å². The molecule has 84 valence electrons. The van der Waals surface area contributed by atoms with Crippen LogP contribution in [0.3, 0.4) is 0 Å². The molecule has 1 unspecified atom stereocenters. The fraction of sp³-hybridized carbons (Fsp3) is 0.636. The maximum Gasteiger partial charge on any atom is 0.138 e. The van der Waals surface area contributed by atoms with E-state index in [1.54, 1.807) is 4.68 Å². The van der Waals surface area contributed by atoms with Gasteiger partial charge in [0.1, 0.15) is 5.78 Å². The van der Waals surface area contributed by atoms with Gasteiger partial charge in [0.15, 0.2) is 0 Å². The van der Waals surface area contributed by atoms with Crippen molar-refractivity contribution < 1.29 is 4.79 Å². The minimum absolute atomic E-state index is 0.244. The van der Waals surface area contributed by atoms with E-state index in [-0.39, 0.29) is 5.78 Å². The highest BCUT2D eigenvalue weighted by Gasteiger charge is 2.08. The van der Waals surface area contributed by atoms with Crippen LogP contribution >= 0.6 is 0 Å². The van der Waals surface area contributed by atoms with Crippen molar-refractivity contribution in [2.45, 2.75) is 26.2 Å². The summed E-state index contributed by atoms with van der Waals surface area (Å²) in [6, 6.07) is 1.88. The van der Waals surface area contributed by atoms with Crippen molar-refractivity contribution in [1.29, 1.82) is 0 Å². The molecule has 1 aromatic heterocycles. The molecule has 0 spiro atoms. The number of ketones is 1. The molecule has 15 heavy (non-hydrogen) atoms. The Bertz CT molecular complexity index is 319. The van der Waals surface area contributed by atoms with Crippen LogP contribution in [-0.2, 0) is 18.3 Å². The first-order valence-electron chi connectivity index (χ1n) is 5.32. The van der Waals surface area contributed by atoms with Gasteiger partial charge in [0.05, 0.1) is 12.1 Å². The highest BCUT2D eigenvalue weighted by molar-refractivity contribution is 5.80. The van der Waals surface area contributed by atoms with E-state index >= 15 is 0 Å². The molecule has 0 fully saturated rings. The van der Waals surface area contributed by atoms with Crippen molar-refractivity contribution in [3.8, 4) is 0 Å². The molecule has 1 rings (SSSR count). The van der Waals surface area contributed by atoms with Gasteiger partial charge in [-0.2, -0.15) is 5.10 Å². The Balaban J connectivity index is 2.30. The summed E-state index contributed by atoms with van der Waals surface area (Å²) in [5, 5.41) is 4.17. The fourth-order valence-corrected chi connectivity index (χ4v) is 1.37.